The largest absolute Gasteiger partial charge is 0.480 e. The summed E-state index contributed by atoms with van der Waals surface area (Å²) in [6.07, 6.45) is 1.36. The lowest BCUT2D eigenvalue weighted by molar-refractivity contribution is -0.147. The monoisotopic (exact) mass is 355 g/mol. The Hall–Kier alpha value is -1.93. The predicted octanol–water partition coefficient (Wildman–Crippen LogP) is 1.19. The molecule has 1 fully saturated rings. The molecule has 0 spiro atoms. The van der Waals surface area contributed by atoms with Crippen LogP contribution in [0, 0.1) is 0 Å². The second-order valence-corrected chi connectivity index (χ2v) is 7.73. The maximum absolute atomic E-state index is 12.5. The average molecular weight is 355 g/mol. The van der Waals surface area contributed by atoms with E-state index in [1.54, 1.807) is 0 Å². The number of rotatable bonds is 6. The number of benzene rings is 1. The number of carbonyl (C=O) groups is 2. The molecule has 0 radical (unpaired) electrons. The number of carboxylic acids is 1. The number of hydrogen-bond acceptors (Lipinski definition) is 5. The number of nitrogens with zero attached hydrogens (tertiary/aromatic N) is 1. The van der Waals surface area contributed by atoms with Crippen molar-refractivity contribution in [1.82, 2.24) is 4.90 Å². The van der Waals surface area contributed by atoms with Crippen LogP contribution < -0.4 is 0 Å². The van der Waals surface area contributed by atoms with Crippen molar-refractivity contribution in [1.29, 1.82) is 0 Å². The summed E-state index contributed by atoms with van der Waals surface area (Å²) in [7, 11) is -3.35. The first-order chi connectivity index (χ1) is 11.4. The van der Waals surface area contributed by atoms with Crippen molar-refractivity contribution in [2.24, 2.45) is 0 Å². The van der Waals surface area contributed by atoms with Gasteiger partial charge in [0.1, 0.15) is 0 Å². The third-order valence-corrected chi connectivity index (χ3v) is 5.72. The van der Waals surface area contributed by atoms with Crippen LogP contribution >= 0.6 is 0 Å². The van der Waals surface area contributed by atoms with Gasteiger partial charge in [0.2, 0.25) is 0 Å². The van der Waals surface area contributed by atoms with E-state index in [4.69, 9.17) is 4.74 Å². The Kier molecular flexibility index (Phi) is 5.95. The smallest absolute Gasteiger partial charge is 0.328 e. The molecule has 1 aromatic rings. The topological polar surface area (TPSA) is 101 Å². The lowest BCUT2D eigenvalue weighted by Crippen LogP contribution is -2.52. The molecule has 1 aliphatic heterocycles. The predicted molar refractivity (Wildman–Crippen MR) is 86.7 cm³/mol. The summed E-state index contributed by atoms with van der Waals surface area (Å²) in [5, 5.41) is 9.18. The van der Waals surface area contributed by atoms with Gasteiger partial charge in [-0.1, -0.05) is 13.3 Å². The maximum atomic E-state index is 12.5. The van der Waals surface area contributed by atoms with E-state index in [1.807, 2.05) is 6.92 Å². The van der Waals surface area contributed by atoms with Crippen LogP contribution in [0.15, 0.2) is 29.2 Å². The van der Waals surface area contributed by atoms with Gasteiger partial charge in [-0.05, 0) is 30.7 Å². The number of morpholine rings is 1. The normalized spacial score (nSPS) is 18.4. The van der Waals surface area contributed by atoms with Crippen LogP contribution in [0.4, 0.5) is 0 Å². The van der Waals surface area contributed by atoms with Gasteiger partial charge in [0.15, 0.2) is 15.9 Å². The summed E-state index contributed by atoms with van der Waals surface area (Å²) < 4.78 is 29.4. The summed E-state index contributed by atoms with van der Waals surface area (Å²) in [6, 6.07) is 4.62. The highest BCUT2D eigenvalue weighted by molar-refractivity contribution is 7.91. The van der Waals surface area contributed by atoms with E-state index in [0.717, 1.165) is 6.42 Å². The Bertz CT molecular complexity index is 698. The molecule has 132 valence electrons. The molecule has 24 heavy (non-hydrogen) atoms. The van der Waals surface area contributed by atoms with Crippen LogP contribution in [-0.4, -0.2) is 61.9 Å². The van der Waals surface area contributed by atoms with E-state index in [-0.39, 0.29) is 36.0 Å². The number of amides is 1. The summed E-state index contributed by atoms with van der Waals surface area (Å²) in [4.78, 5) is 25.2. The van der Waals surface area contributed by atoms with Crippen molar-refractivity contribution >= 4 is 21.7 Å². The van der Waals surface area contributed by atoms with E-state index in [2.05, 4.69) is 0 Å². The van der Waals surface area contributed by atoms with Gasteiger partial charge in [-0.2, -0.15) is 0 Å². The minimum absolute atomic E-state index is 0.0510. The maximum Gasteiger partial charge on any atom is 0.328 e. The van der Waals surface area contributed by atoms with Gasteiger partial charge in [0, 0.05) is 12.1 Å². The van der Waals surface area contributed by atoms with E-state index in [9.17, 15) is 23.1 Å². The zero-order chi connectivity index (χ0) is 17.7. The fourth-order valence-corrected chi connectivity index (χ4v) is 3.93. The van der Waals surface area contributed by atoms with Crippen molar-refractivity contribution in [2.75, 3.05) is 25.5 Å². The standard InChI is InChI=1S/C16H21NO6S/c1-2-3-10-24(21,22)13-6-4-12(5-7-13)15(18)17-8-9-23-11-14(17)16(19)20/h4-7,14H,2-3,8-11H2,1H3,(H,19,20). The van der Waals surface area contributed by atoms with Crippen LogP contribution in [0.25, 0.3) is 0 Å². The van der Waals surface area contributed by atoms with Crippen molar-refractivity contribution in [3.05, 3.63) is 29.8 Å². The molecule has 1 unspecified atom stereocenters. The first-order valence-corrected chi connectivity index (χ1v) is 9.46. The van der Waals surface area contributed by atoms with Crippen LogP contribution in [0.5, 0.6) is 0 Å². The molecule has 1 N–H and O–H groups in total. The van der Waals surface area contributed by atoms with Gasteiger partial charge < -0.3 is 14.7 Å². The summed E-state index contributed by atoms with van der Waals surface area (Å²) >= 11 is 0. The molecule has 0 aromatic heterocycles. The molecule has 8 heteroatoms. The lowest BCUT2D eigenvalue weighted by atomic mass is 10.1. The molecular weight excluding hydrogens is 334 g/mol. The van der Waals surface area contributed by atoms with Crippen LogP contribution in [0.1, 0.15) is 30.1 Å². The van der Waals surface area contributed by atoms with Gasteiger partial charge in [-0.15, -0.1) is 0 Å². The van der Waals surface area contributed by atoms with Crippen molar-refractivity contribution < 1.29 is 27.9 Å². The molecule has 1 aromatic carbocycles. The Labute approximate surface area is 141 Å². The third kappa shape index (κ3) is 4.12. The highest BCUT2D eigenvalue weighted by atomic mass is 32.2. The molecule has 1 heterocycles. The molecule has 7 nitrogen and oxygen atoms in total. The van der Waals surface area contributed by atoms with Crippen LogP contribution in [-0.2, 0) is 19.4 Å². The number of hydrogen-bond donors (Lipinski definition) is 1. The van der Waals surface area contributed by atoms with Crippen molar-refractivity contribution in [3.63, 3.8) is 0 Å². The minimum Gasteiger partial charge on any atom is -0.480 e. The Morgan fingerprint density at radius 3 is 2.54 bits per heavy atom. The molecule has 0 bridgehead atoms. The molecule has 0 aliphatic carbocycles. The summed E-state index contributed by atoms with van der Waals surface area (Å²) in [5.74, 6) is -1.49. The molecule has 1 amide bonds. The SMILES string of the molecule is CCCCS(=O)(=O)c1ccc(C(=O)N2CCOCC2C(=O)O)cc1. The van der Waals surface area contributed by atoms with E-state index >= 15 is 0 Å². The van der Waals surface area contributed by atoms with E-state index in [1.165, 1.54) is 29.2 Å². The highest BCUT2D eigenvalue weighted by Gasteiger charge is 2.33. The van der Waals surface area contributed by atoms with Crippen LogP contribution in [0.3, 0.4) is 0 Å². The highest BCUT2D eigenvalue weighted by Crippen LogP contribution is 2.17. The number of unbranched alkanes of at least 4 members (excludes halogenated alkanes) is 1. The van der Waals surface area contributed by atoms with Gasteiger partial charge in [-0.25, -0.2) is 13.2 Å². The quantitative estimate of drug-likeness (QED) is 0.822. The molecule has 1 saturated heterocycles. The lowest BCUT2D eigenvalue weighted by Gasteiger charge is -2.32. The molecule has 0 saturated carbocycles. The number of aliphatic carboxylic acids is 1. The zero-order valence-corrected chi connectivity index (χ0v) is 14.3. The zero-order valence-electron chi connectivity index (χ0n) is 13.5. The van der Waals surface area contributed by atoms with Crippen LogP contribution in [0.2, 0.25) is 0 Å². The Morgan fingerprint density at radius 2 is 1.96 bits per heavy atom. The fraction of sp³-hybridized carbons (Fsp3) is 0.500. The van der Waals surface area contributed by atoms with Gasteiger partial charge >= 0.3 is 5.97 Å². The second-order valence-electron chi connectivity index (χ2n) is 5.62. The Balaban J connectivity index is 2.18. The molecular formula is C16H21NO6S. The summed E-state index contributed by atoms with van der Waals surface area (Å²) in [5.41, 5.74) is 0.262. The fourth-order valence-electron chi connectivity index (χ4n) is 2.47. The summed E-state index contributed by atoms with van der Waals surface area (Å²) in [6.45, 7) is 2.33. The minimum atomic E-state index is -3.35. The van der Waals surface area contributed by atoms with E-state index in [0.29, 0.717) is 6.42 Å². The number of ether oxygens (including phenoxy) is 1. The number of carbonyl (C=O) groups excluding carboxylic acids is 1. The van der Waals surface area contributed by atoms with Crippen molar-refractivity contribution in [2.45, 2.75) is 30.7 Å². The number of sulfone groups is 1. The van der Waals surface area contributed by atoms with Crippen molar-refractivity contribution in [3.8, 4) is 0 Å². The van der Waals surface area contributed by atoms with Gasteiger partial charge in [-0.3, -0.25) is 4.79 Å². The van der Waals surface area contributed by atoms with Gasteiger partial charge in [0.25, 0.3) is 5.91 Å². The molecule has 2 rings (SSSR count). The second kappa shape index (κ2) is 7.76. The average Bonchev–Trinajstić information content (AvgIpc) is 2.59. The Morgan fingerprint density at radius 1 is 1.29 bits per heavy atom. The molecule has 1 atom stereocenters. The molecule has 1 aliphatic rings. The van der Waals surface area contributed by atoms with E-state index < -0.39 is 27.8 Å². The first kappa shape index (κ1) is 18.4. The van der Waals surface area contributed by atoms with Gasteiger partial charge in [0.05, 0.1) is 23.9 Å². The number of carboxylic acid groups (broad SMARTS) is 1. The first-order valence-electron chi connectivity index (χ1n) is 7.81. The third-order valence-electron chi connectivity index (χ3n) is 3.90.